The van der Waals surface area contributed by atoms with Gasteiger partial charge in [0, 0.05) is 24.6 Å². The topological polar surface area (TPSA) is 58.4 Å². The number of amides is 1. The number of likely N-dealkylation sites (tertiary alicyclic amines) is 1. The standard InChI is InChI=1S/C22H25N3O2/c1-2-25-12-6-9-18(25)15-23-22(26)17-10-11-19-20(14-17)27-21(24-19)13-16-7-4-3-5-8-16/h3-5,7-8,10-11,14,18H,2,6,9,12-13,15H2,1H3,(H,23,26)/t18-/m1/s1. The lowest BCUT2D eigenvalue weighted by Crippen LogP contribution is -2.40. The van der Waals surface area contributed by atoms with E-state index in [-0.39, 0.29) is 5.91 Å². The molecule has 4 rings (SSSR count). The first-order chi connectivity index (χ1) is 13.2. The first kappa shape index (κ1) is 17.7. The molecule has 5 nitrogen and oxygen atoms in total. The molecule has 2 heterocycles. The van der Waals surface area contributed by atoms with Crippen LogP contribution >= 0.6 is 0 Å². The van der Waals surface area contributed by atoms with Gasteiger partial charge in [-0.15, -0.1) is 0 Å². The average molecular weight is 363 g/mol. The van der Waals surface area contributed by atoms with Gasteiger partial charge in [-0.25, -0.2) is 4.98 Å². The minimum Gasteiger partial charge on any atom is -0.440 e. The molecule has 3 aromatic rings. The van der Waals surface area contributed by atoms with Crippen LogP contribution in [0.25, 0.3) is 11.1 Å². The van der Waals surface area contributed by atoms with E-state index in [2.05, 4.69) is 34.3 Å². The Morgan fingerprint density at radius 1 is 1.26 bits per heavy atom. The van der Waals surface area contributed by atoms with E-state index < -0.39 is 0 Å². The largest absolute Gasteiger partial charge is 0.440 e. The molecule has 1 aliphatic rings. The van der Waals surface area contributed by atoms with Gasteiger partial charge in [0.2, 0.25) is 0 Å². The number of likely N-dealkylation sites (N-methyl/N-ethyl adjacent to an activating group) is 1. The van der Waals surface area contributed by atoms with Crippen LogP contribution in [0.5, 0.6) is 0 Å². The van der Waals surface area contributed by atoms with Gasteiger partial charge in [0.1, 0.15) is 5.52 Å². The summed E-state index contributed by atoms with van der Waals surface area (Å²) < 4.78 is 5.88. The Balaban J connectivity index is 1.44. The summed E-state index contributed by atoms with van der Waals surface area (Å²) in [5, 5.41) is 3.07. The minimum absolute atomic E-state index is 0.0548. The number of nitrogens with one attached hydrogen (secondary N) is 1. The Morgan fingerprint density at radius 2 is 2.11 bits per heavy atom. The van der Waals surface area contributed by atoms with E-state index in [1.54, 1.807) is 6.07 Å². The molecule has 0 radical (unpaired) electrons. The van der Waals surface area contributed by atoms with Crippen molar-refractivity contribution in [3.63, 3.8) is 0 Å². The van der Waals surface area contributed by atoms with Crippen molar-refractivity contribution in [2.24, 2.45) is 0 Å². The Morgan fingerprint density at radius 3 is 2.93 bits per heavy atom. The Hall–Kier alpha value is -2.66. The second-order valence-electron chi connectivity index (χ2n) is 7.09. The zero-order valence-corrected chi connectivity index (χ0v) is 15.6. The fourth-order valence-electron chi connectivity index (χ4n) is 3.81. The molecule has 1 aromatic heterocycles. The zero-order chi connectivity index (χ0) is 18.6. The number of carbonyl (C=O) groups excluding carboxylic acids is 1. The molecule has 0 saturated carbocycles. The molecule has 5 heteroatoms. The van der Waals surface area contributed by atoms with Crippen molar-refractivity contribution in [1.29, 1.82) is 0 Å². The van der Waals surface area contributed by atoms with Crippen LogP contribution in [0.4, 0.5) is 0 Å². The van der Waals surface area contributed by atoms with Crippen LogP contribution in [-0.2, 0) is 6.42 Å². The van der Waals surface area contributed by atoms with Crippen LogP contribution in [-0.4, -0.2) is 41.5 Å². The second-order valence-corrected chi connectivity index (χ2v) is 7.09. The molecular weight excluding hydrogens is 338 g/mol. The quantitative estimate of drug-likeness (QED) is 0.726. The molecule has 27 heavy (non-hydrogen) atoms. The van der Waals surface area contributed by atoms with Crippen molar-refractivity contribution in [2.75, 3.05) is 19.6 Å². The summed E-state index contributed by atoms with van der Waals surface area (Å²) in [4.78, 5) is 19.5. The minimum atomic E-state index is -0.0548. The van der Waals surface area contributed by atoms with E-state index >= 15 is 0 Å². The number of carbonyl (C=O) groups is 1. The Bertz CT molecular complexity index is 920. The van der Waals surface area contributed by atoms with Gasteiger partial charge >= 0.3 is 0 Å². The van der Waals surface area contributed by atoms with Crippen LogP contribution in [0.2, 0.25) is 0 Å². The van der Waals surface area contributed by atoms with Crippen LogP contribution in [0, 0.1) is 0 Å². The van der Waals surface area contributed by atoms with Gasteiger partial charge in [-0.2, -0.15) is 0 Å². The maximum atomic E-state index is 12.5. The van der Waals surface area contributed by atoms with Gasteiger partial charge in [-0.3, -0.25) is 9.69 Å². The van der Waals surface area contributed by atoms with Gasteiger partial charge in [-0.05, 0) is 49.7 Å². The summed E-state index contributed by atoms with van der Waals surface area (Å²) in [6.07, 6.45) is 3.01. The summed E-state index contributed by atoms with van der Waals surface area (Å²) in [5.74, 6) is 0.610. The number of hydrogen-bond acceptors (Lipinski definition) is 4. The molecule has 2 aromatic carbocycles. The molecule has 1 saturated heterocycles. The smallest absolute Gasteiger partial charge is 0.251 e. The number of aromatic nitrogens is 1. The monoisotopic (exact) mass is 363 g/mol. The summed E-state index contributed by atoms with van der Waals surface area (Å²) in [7, 11) is 0. The molecule has 0 unspecified atom stereocenters. The molecule has 0 bridgehead atoms. The first-order valence-corrected chi connectivity index (χ1v) is 9.68. The molecule has 1 atom stereocenters. The highest BCUT2D eigenvalue weighted by atomic mass is 16.3. The highest BCUT2D eigenvalue weighted by Crippen LogP contribution is 2.20. The third-order valence-electron chi connectivity index (χ3n) is 5.30. The third-order valence-corrected chi connectivity index (χ3v) is 5.30. The maximum absolute atomic E-state index is 12.5. The van der Waals surface area contributed by atoms with E-state index in [0.29, 0.717) is 36.0 Å². The lowest BCUT2D eigenvalue weighted by Gasteiger charge is -2.22. The van der Waals surface area contributed by atoms with E-state index in [1.165, 1.54) is 6.42 Å². The van der Waals surface area contributed by atoms with E-state index in [9.17, 15) is 4.79 Å². The van der Waals surface area contributed by atoms with Crippen molar-refractivity contribution in [2.45, 2.75) is 32.2 Å². The number of fused-ring (bicyclic) bond motifs is 1. The maximum Gasteiger partial charge on any atom is 0.251 e. The van der Waals surface area contributed by atoms with Gasteiger partial charge in [0.15, 0.2) is 11.5 Å². The summed E-state index contributed by atoms with van der Waals surface area (Å²) in [5.41, 5.74) is 3.21. The molecule has 0 spiro atoms. The van der Waals surface area contributed by atoms with Crippen molar-refractivity contribution in [1.82, 2.24) is 15.2 Å². The highest BCUT2D eigenvalue weighted by molar-refractivity contribution is 5.97. The van der Waals surface area contributed by atoms with Crippen LogP contribution in [0.3, 0.4) is 0 Å². The predicted octanol–water partition coefficient (Wildman–Crippen LogP) is 3.63. The van der Waals surface area contributed by atoms with Crippen LogP contribution in [0.15, 0.2) is 52.9 Å². The van der Waals surface area contributed by atoms with E-state index in [4.69, 9.17) is 4.42 Å². The average Bonchev–Trinajstić information content (AvgIpc) is 3.31. The number of oxazole rings is 1. The summed E-state index contributed by atoms with van der Waals surface area (Å²) in [6, 6.07) is 16.0. The van der Waals surface area contributed by atoms with Crippen molar-refractivity contribution < 1.29 is 9.21 Å². The van der Waals surface area contributed by atoms with Crippen molar-refractivity contribution in [3.05, 3.63) is 65.5 Å². The fourth-order valence-corrected chi connectivity index (χ4v) is 3.81. The predicted molar refractivity (Wildman–Crippen MR) is 106 cm³/mol. The van der Waals surface area contributed by atoms with Gasteiger partial charge in [-0.1, -0.05) is 37.3 Å². The van der Waals surface area contributed by atoms with Gasteiger partial charge < -0.3 is 9.73 Å². The number of benzene rings is 2. The fraction of sp³-hybridized carbons (Fsp3) is 0.364. The summed E-state index contributed by atoms with van der Waals surface area (Å²) >= 11 is 0. The SMILES string of the molecule is CCN1CCC[C@@H]1CNC(=O)c1ccc2nc(Cc3ccccc3)oc2c1. The molecule has 1 N–H and O–H groups in total. The Kier molecular flexibility index (Phi) is 5.21. The lowest BCUT2D eigenvalue weighted by atomic mass is 10.1. The molecule has 1 amide bonds. The van der Waals surface area contributed by atoms with E-state index in [0.717, 1.165) is 30.6 Å². The van der Waals surface area contributed by atoms with Crippen LogP contribution in [0.1, 0.15) is 41.6 Å². The highest BCUT2D eigenvalue weighted by Gasteiger charge is 2.23. The second kappa shape index (κ2) is 7.92. The molecule has 1 aliphatic heterocycles. The first-order valence-electron chi connectivity index (χ1n) is 9.68. The number of rotatable bonds is 6. The molecule has 0 aliphatic carbocycles. The zero-order valence-electron chi connectivity index (χ0n) is 15.6. The van der Waals surface area contributed by atoms with Crippen molar-refractivity contribution in [3.8, 4) is 0 Å². The molecule has 1 fully saturated rings. The Labute approximate surface area is 159 Å². The van der Waals surface area contributed by atoms with Gasteiger partial charge in [0.25, 0.3) is 5.91 Å². The normalized spacial score (nSPS) is 17.4. The molecular formula is C22H25N3O2. The van der Waals surface area contributed by atoms with Crippen molar-refractivity contribution >= 4 is 17.0 Å². The number of nitrogens with zero attached hydrogens (tertiary/aromatic N) is 2. The number of hydrogen-bond donors (Lipinski definition) is 1. The third kappa shape index (κ3) is 4.03. The van der Waals surface area contributed by atoms with Crippen LogP contribution < -0.4 is 5.32 Å². The summed E-state index contributed by atoms with van der Waals surface area (Å²) in [6.45, 7) is 5.03. The van der Waals surface area contributed by atoms with Gasteiger partial charge in [0.05, 0.1) is 0 Å². The lowest BCUT2D eigenvalue weighted by molar-refractivity contribution is 0.0941. The van der Waals surface area contributed by atoms with E-state index in [1.807, 2.05) is 30.3 Å². The molecule has 140 valence electrons.